The molecule has 1 saturated heterocycles. The van der Waals surface area contributed by atoms with E-state index in [1.165, 1.54) is 25.8 Å². The number of nitrogens with zero attached hydrogens (tertiary/aromatic N) is 3. The van der Waals surface area contributed by atoms with Gasteiger partial charge in [-0.05, 0) is 80.9 Å². The molecule has 0 bridgehead atoms. The zero-order valence-electron chi connectivity index (χ0n) is 20.0. The summed E-state index contributed by atoms with van der Waals surface area (Å²) in [5.74, 6) is 1.47. The van der Waals surface area contributed by atoms with Crippen molar-refractivity contribution in [1.82, 2.24) is 14.7 Å². The lowest BCUT2D eigenvalue weighted by Gasteiger charge is -2.33. The lowest BCUT2D eigenvalue weighted by atomic mass is 10.0. The molecule has 180 valence electrons. The predicted molar refractivity (Wildman–Crippen MR) is 140 cm³/mol. The minimum absolute atomic E-state index is 0.306. The monoisotopic (exact) mass is 469 g/mol. The lowest BCUT2D eigenvalue weighted by Crippen LogP contribution is -2.39. The number of nitrogens with one attached hydrogen (secondary N) is 2. The predicted octanol–water partition coefficient (Wildman–Crippen LogP) is 6.35. The second kappa shape index (κ2) is 10.6. The number of carbonyl (C=O) groups is 1. The van der Waals surface area contributed by atoms with E-state index in [1.54, 1.807) is 0 Å². The van der Waals surface area contributed by atoms with Gasteiger partial charge in [-0.25, -0.2) is 4.79 Å². The van der Waals surface area contributed by atoms with Crippen LogP contribution in [-0.4, -0.2) is 39.8 Å². The van der Waals surface area contributed by atoms with Crippen molar-refractivity contribution >= 4 is 28.3 Å². The summed E-state index contributed by atoms with van der Waals surface area (Å²) in [5, 5.41) is 11.5. The van der Waals surface area contributed by atoms with E-state index in [1.807, 2.05) is 77.5 Å². The Kier molecular flexibility index (Phi) is 6.95. The molecule has 4 aromatic rings. The molecular weight excluding hydrogens is 438 g/mol. The largest absolute Gasteiger partial charge is 0.457 e. The quantitative estimate of drug-likeness (QED) is 0.331. The molecule has 1 unspecified atom stereocenters. The summed E-state index contributed by atoms with van der Waals surface area (Å²) in [6.07, 6.45) is 5.98. The minimum atomic E-state index is -0.306. The molecule has 3 aromatic carbocycles. The van der Waals surface area contributed by atoms with Gasteiger partial charge in [0.25, 0.3) is 0 Å². The topological polar surface area (TPSA) is 71.4 Å². The van der Waals surface area contributed by atoms with Crippen LogP contribution >= 0.6 is 0 Å². The number of anilines is 2. The third-order valence-corrected chi connectivity index (χ3v) is 6.46. The van der Waals surface area contributed by atoms with E-state index in [-0.39, 0.29) is 6.03 Å². The molecule has 1 aliphatic heterocycles. The van der Waals surface area contributed by atoms with Crippen molar-refractivity contribution in [3.05, 3.63) is 79.0 Å². The molecular formula is C28H31N5O2. The Bertz CT molecular complexity index is 1270. The number of hydrogen-bond acceptors (Lipinski definition) is 4. The standard InChI is InChI=1S/C28H31N5O2/c1-21-7-5-6-16-32(21)17-18-33-20-22-10-11-24(19-27(22)31-33)30-28(34)29-23-12-14-26(15-13-23)35-25-8-3-2-4-9-25/h2-4,8-15,19-21H,5-7,16-18H2,1H3,(H2,29,30,34). The summed E-state index contributed by atoms with van der Waals surface area (Å²) >= 11 is 0. The molecule has 2 N–H and O–H groups in total. The summed E-state index contributed by atoms with van der Waals surface area (Å²) in [6, 6.07) is 23.0. The average molecular weight is 470 g/mol. The highest BCUT2D eigenvalue weighted by Gasteiger charge is 2.17. The van der Waals surface area contributed by atoms with E-state index >= 15 is 0 Å². The van der Waals surface area contributed by atoms with Gasteiger partial charge in [0.2, 0.25) is 0 Å². The van der Waals surface area contributed by atoms with Gasteiger partial charge >= 0.3 is 6.03 Å². The van der Waals surface area contributed by atoms with Crippen LogP contribution in [-0.2, 0) is 6.54 Å². The highest BCUT2D eigenvalue weighted by Crippen LogP contribution is 2.23. The molecule has 0 radical (unpaired) electrons. The number of urea groups is 1. The van der Waals surface area contributed by atoms with Crippen LogP contribution in [0.15, 0.2) is 79.0 Å². The Hall–Kier alpha value is -3.84. The number of likely N-dealkylation sites (tertiary alicyclic amines) is 1. The number of fused-ring (bicyclic) bond motifs is 1. The van der Waals surface area contributed by atoms with Gasteiger partial charge in [-0.2, -0.15) is 5.10 Å². The number of piperidine rings is 1. The molecule has 35 heavy (non-hydrogen) atoms. The van der Waals surface area contributed by atoms with E-state index in [0.717, 1.165) is 29.7 Å². The second-order valence-electron chi connectivity index (χ2n) is 9.07. The van der Waals surface area contributed by atoms with E-state index < -0.39 is 0 Å². The SMILES string of the molecule is CC1CCCCN1CCn1cc2ccc(NC(=O)Nc3ccc(Oc4ccccc4)cc3)cc2n1. The Morgan fingerprint density at radius 2 is 1.69 bits per heavy atom. The Morgan fingerprint density at radius 1 is 0.943 bits per heavy atom. The molecule has 7 heteroatoms. The van der Waals surface area contributed by atoms with Crippen molar-refractivity contribution in [1.29, 1.82) is 0 Å². The third-order valence-electron chi connectivity index (χ3n) is 6.46. The van der Waals surface area contributed by atoms with Gasteiger partial charge in [0, 0.05) is 35.5 Å². The number of benzene rings is 3. The van der Waals surface area contributed by atoms with Crippen molar-refractivity contribution in [2.24, 2.45) is 0 Å². The molecule has 1 aliphatic rings. The highest BCUT2D eigenvalue weighted by atomic mass is 16.5. The van der Waals surface area contributed by atoms with Gasteiger partial charge in [-0.15, -0.1) is 0 Å². The summed E-state index contributed by atoms with van der Waals surface area (Å²) < 4.78 is 7.80. The van der Waals surface area contributed by atoms with Crippen molar-refractivity contribution in [3.63, 3.8) is 0 Å². The van der Waals surface area contributed by atoms with Crippen molar-refractivity contribution in [2.75, 3.05) is 23.7 Å². The van der Waals surface area contributed by atoms with Gasteiger partial charge in [0.15, 0.2) is 0 Å². The molecule has 2 amide bonds. The second-order valence-corrected chi connectivity index (χ2v) is 9.07. The molecule has 0 saturated carbocycles. The summed E-state index contributed by atoms with van der Waals surface area (Å²) in [5.41, 5.74) is 2.26. The zero-order chi connectivity index (χ0) is 24.0. The summed E-state index contributed by atoms with van der Waals surface area (Å²) in [7, 11) is 0. The molecule has 2 heterocycles. The fourth-order valence-electron chi connectivity index (χ4n) is 4.50. The normalized spacial score (nSPS) is 16.2. The maximum absolute atomic E-state index is 12.5. The third kappa shape index (κ3) is 6.00. The van der Waals surface area contributed by atoms with Crippen LogP contribution in [0.3, 0.4) is 0 Å². The van der Waals surface area contributed by atoms with E-state index in [9.17, 15) is 4.79 Å². The fourth-order valence-corrected chi connectivity index (χ4v) is 4.50. The molecule has 5 rings (SSSR count). The number of carbonyl (C=O) groups excluding carboxylic acids is 1. The number of rotatable bonds is 7. The Balaban J connectivity index is 1.15. The molecule has 1 atom stereocenters. The van der Waals surface area contributed by atoms with Crippen molar-refractivity contribution in [2.45, 2.75) is 38.8 Å². The Labute approximate surface area is 205 Å². The first-order chi connectivity index (χ1) is 17.1. The number of ether oxygens (including phenoxy) is 1. The first-order valence-electron chi connectivity index (χ1n) is 12.2. The van der Waals surface area contributed by atoms with Crippen molar-refractivity contribution in [3.8, 4) is 11.5 Å². The number of aromatic nitrogens is 2. The molecule has 1 aromatic heterocycles. The van der Waals surface area contributed by atoms with Crippen LogP contribution in [0.25, 0.3) is 10.9 Å². The summed E-state index contributed by atoms with van der Waals surface area (Å²) in [6.45, 7) is 5.37. The van der Waals surface area contributed by atoms with Gasteiger partial charge in [-0.3, -0.25) is 9.58 Å². The maximum atomic E-state index is 12.5. The van der Waals surface area contributed by atoms with Crippen LogP contribution in [0.1, 0.15) is 26.2 Å². The van der Waals surface area contributed by atoms with Crippen LogP contribution in [0.5, 0.6) is 11.5 Å². The summed E-state index contributed by atoms with van der Waals surface area (Å²) in [4.78, 5) is 15.1. The van der Waals surface area contributed by atoms with Crippen LogP contribution < -0.4 is 15.4 Å². The molecule has 0 spiro atoms. The number of amides is 2. The fraction of sp³-hybridized carbons (Fsp3) is 0.286. The van der Waals surface area contributed by atoms with Crippen molar-refractivity contribution < 1.29 is 9.53 Å². The average Bonchev–Trinajstić information content (AvgIpc) is 3.27. The number of hydrogen-bond donors (Lipinski definition) is 2. The molecule has 7 nitrogen and oxygen atoms in total. The van der Waals surface area contributed by atoms with Crippen LogP contribution in [0.2, 0.25) is 0 Å². The van der Waals surface area contributed by atoms with Gasteiger partial charge in [0.1, 0.15) is 11.5 Å². The van der Waals surface area contributed by atoms with Gasteiger partial charge in [-0.1, -0.05) is 24.6 Å². The minimum Gasteiger partial charge on any atom is -0.457 e. The van der Waals surface area contributed by atoms with Crippen LogP contribution in [0.4, 0.5) is 16.2 Å². The van der Waals surface area contributed by atoms with Gasteiger partial charge in [0.05, 0.1) is 12.1 Å². The van der Waals surface area contributed by atoms with Crippen LogP contribution in [0, 0.1) is 0 Å². The first-order valence-corrected chi connectivity index (χ1v) is 12.2. The number of para-hydroxylation sites is 1. The molecule has 0 aliphatic carbocycles. The zero-order valence-corrected chi connectivity index (χ0v) is 20.0. The van der Waals surface area contributed by atoms with E-state index in [2.05, 4.69) is 28.7 Å². The Morgan fingerprint density at radius 3 is 2.49 bits per heavy atom. The highest BCUT2D eigenvalue weighted by molar-refractivity contribution is 6.00. The van der Waals surface area contributed by atoms with E-state index in [4.69, 9.17) is 9.84 Å². The smallest absolute Gasteiger partial charge is 0.323 e. The van der Waals surface area contributed by atoms with E-state index in [0.29, 0.717) is 23.2 Å². The lowest BCUT2D eigenvalue weighted by molar-refractivity contribution is 0.153. The molecule has 1 fully saturated rings. The first kappa shape index (κ1) is 22.9. The van der Waals surface area contributed by atoms with Gasteiger partial charge < -0.3 is 15.4 Å². The maximum Gasteiger partial charge on any atom is 0.323 e.